The number of alkyl halides is 3. The number of nitrogens with zero attached hydrogens (tertiary/aromatic N) is 3. The molecule has 0 unspecified atom stereocenters. The molecule has 3 aromatic rings. The van der Waals surface area contributed by atoms with Crippen molar-refractivity contribution < 1.29 is 17.9 Å². The molecule has 0 N–H and O–H groups in total. The van der Waals surface area contributed by atoms with E-state index in [9.17, 15) is 13.2 Å². The van der Waals surface area contributed by atoms with Crippen molar-refractivity contribution in [2.45, 2.75) is 19.0 Å². The maximum absolute atomic E-state index is 13.0. The molecule has 0 atom stereocenters. The predicted octanol–water partition coefficient (Wildman–Crippen LogP) is 4.20. The predicted molar refractivity (Wildman–Crippen MR) is 81.6 cm³/mol. The minimum Gasteiger partial charge on any atom is -0.493 e. The summed E-state index contributed by atoms with van der Waals surface area (Å²) in [5.41, 5.74) is 1.62. The fourth-order valence-electron chi connectivity index (χ4n) is 2.50. The van der Waals surface area contributed by atoms with E-state index in [2.05, 4.69) is 10.2 Å². The summed E-state index contributed by atoms with van der Waals surface area (Å²) in [5.74, 6) is 0.414. The minimum atomic E-state index is -4.54. The first-order chi connectivity index (χ1) is 11.5. The second-order valence-electron chi connectivity index (χ2n) is 5.95. The van der Waals surface area contributed by atoms with Gasteiger partial charge in [0, 0.05) is 6.20 Å². The largest absolute Gasteiger partial charge is 0.493 e. The summed E-state index contributed by atoms with van der Waals surface area (Å²) in [6.07, 6.45) is -0.700. The molecule has 0 bridgehead atoms. The van der Waals surface area contributed by atoms with Gasteiger partial charge in [0.1, 0.15) is 5.75 Å². The van der Waals surface area contributed by atoms with E-state index in [4.69, 9.17) is 4.74 Å². The Bertz CT molecular complexity index is 867. The van der Waals surface area contributed by atoms with Crippen LogP contribution in [-0.4, -0.2) is 21.2 Å². The third-order valence-electron chi connectivity index (χ3n) is 4.03. The van der Waals surface area contributed by atoms with Crippen LogP contribution in [0, 0.1) is 5.92 Å². The smallest absolute Gasteiger partial charge is 0.452 e. The number of benzene rings is 1. The van der Waals surface area contributed by atoms with Crippen LogP contribution in [0.5, 0.6) is 5.75 Å². The van der Waals surface area contributed by atoms with Crippen LogP contribution in [0.15, 0.2) is 42.6 Å². The van der Waals surface area contributed by atoms with Gasteiger partial charge in [-0.2, -0.15) is 13.2 Å². The molecule has 4 nitrogen and oxygen atoms in total. The van der Waals surface area contributed by atoms with Crippen molar-refractivity contribution in [1.82, 2.24) is 14.6 Å². The van der Waals surface area contributed by atoms with Gasteiger partial charge in [0.25, 0.3) is 0 Å². The monoisotopic (exact) mass is 333 g/mol. The number of fused-ring (bicyclic) bond motifs is 1. The van der Waals surface area contributed by atoms with Crippen LogP contribution in [-0.2, 0) is 6.18 Å². The van der Waals surface area contributed by atoms with E-state index in [-0.39, 0.29) is 5.65 Å². The Labute approximate surface area is 135 Å². The Morgan fingerprint density at radius 1 is 1.00 bits per heavy atom. The second kappa shape index (κ2) is 5.51. The molecule has 2 heterocycles. The van der Waals surface area contributed by atoms with Crippen LogP contribution in [0.25, 0.3) is 16.8 Å². The fraction of sp³-hybridized carbons (Fsp3) is 0.294. The molecule has 1 aliphatic carbocycles. The van der Waals surface area contributed by atoms with Gasteiger partial charge < -0.3 is 4.74 Å². The third-order valence-corrected chi connectivity index (χ3v) is 4.03. The lowest BCUT2D eigenvalue weighted by molar-refractivity contribution is -0.145. The molecule has 7 heteroatoms. The summed E-state index contributed by atoms with van der Waals surface area (Å²) >= 11 is 0. The highest BCUT2D eigenvalue weighted by Gasteiger charge is 2.36. The number of hydrogen-bond donors (Lipinski definition) is 0. The average molecular weight is 333 g/mol. The third kappa shape index (κ3) is 2.93. The van der Waals surface area contributed by atoms with Crippen LogP contribution in [0.2, 0.25) is 0 Å². The highest BCUT2D eigenvalue weighted by Crippen LogP contribution is 2.31. The van der Waals surface area contributed by atoms with Crippen molar-refractivity contribution in [1.29, 1.82) is 0 Å². The molecule has 2 aromatic heterocycles. The normalized spacial score (nSPS) is 15.0. The molecule has 1 aromatic carbocycles. The first-order valence-electron chi connectivity index (χ1n) is 7.66. The van der Waals surface area contributed by atoms with E-state index < -0.39 is 12.0 Å². The summed E-state index contributed by atoms with van der Waals surface area (Å²) in [6, 6.07) is 10.6. The van der Waals surface area contributed by atoms with Gasteiger partial charge in [-0.05, 0) is 54.2 Å². The molecule has 4 rings (SSSR count). The van der Waals surface area contributed by atoms with E-state index >= 15 is 0 Å². The van der Waals surface area contributed by atoms with Gasteiger partial charge in [-0.15, -0.1) is 10.2 Å². The van der Waals surface area contributed by atoms with Gasteiger partial charge in [-0.25, -0.2) is 0 Å². The summed E-state index contributed by atoms with van der Waals surface area (Å²) in [5, 5.41) is 6.78. The van der Waals surface area contributed by atoms with Crippen LogP contribution >= 0.6 is 0 Å². The number of rotatable bonds is 4. The van der Waals surface area contributed by atoms with Crippen molar-refractivity contribution in [2.75, 3.05) is 6.61 Å². The molecule has 24 heavy (non-hydrogen) atoms. The zero-order valence-electron chi connectivity index (χ0n) is 12.6. The maximum Gasteiger partial charge on any atom is 0.452 e. The van der Waals surface area contributed by atoms with Crippen LogP contribution in [0.4, 0.5) is 13.2 Å². The SMILES string of the molecule is FC(F)(F)c1nnc2ccc(-c3ccc(OCC4CC4)cc3)cn12. The molecule has 0 aliphatic heterocycles. The van der Waals surface area contributed by atoms with Gasteiger partial charge in [0.05, 0.1) is 6.61 Å². The van der Waals surface area contributed by atoms with Crippen molar-refractivity contribution in [3.63, 3.8) is 0 Å². The first kappa shape index (κ1) is 15.0. The molecule has 0 saturated heterocycles. The fourth-order valence-corrected chi connectivity index (χ4v) is 2.50. The number of ether oxygens (including phenoxy) is 1. The van der Waals surface area contributed by atoms with Gasteiger partial charge in [0.15, 0.2) is 5.65 Å². The van der Waals surface area contributed by atoms with Crippen LogP contribution in [0.1, 0.15) is 18.7 Å². The van der Waals surface area contributed by atoms with E-state index in [1.54, 1.807) is 6.07 Å². The van der Waals surface area contributed by atoms with Gasteiger partial charge in [-0.1, -0.05) is 12.1 Å². The highest BCUT2D eigenvalue weighted by atomic mass is 19.4. The second-order valence-corrected chi connectivity index (χ2v) is 5.95. The van der Waals surface area contributed by atoms with E-state index in [1.165, 1.54) is 25.1 Å². The van der Waals surface area contributed by atoms with Crippen LogP contribution < -0.4 is 4.74 Å². The molecular formula is C17H14F3N3O. The molecule has 1 aliphatic rings. The van der Waals surface area contributed by atoms with E-state index in [0.717, 1.165) is 22.3 Å². The van der Waals surface area contributed by atoms with Crippen molar-refractivity contribution in [3.05, 3.63) is 48.4 Å². The Balaban J connectivity index is 1.63. The lowest BCUT2D eigenvalue weighted by Gasteiger charge is -2.08. The van der Waals surface area contributed by atoms with Gasteiger partial charge in [0.2, 0.25) is 5.82 Å². The zero-order chi connectivity index (χ0) is 16.7. The molecule has 0 radical (unpaired) electrons. The topological polar surface area (TPSA) is 39.4 Å². The first-order valence-corrected chi connectivity index (χ1v) is 7.66. The minimum absolute atomic E-state index is 0.162. The Hall–Kier alpha value is -2.57. The summed E-state index contributed by atoms with van der Waals surface area (Å²) < 4.78 is 45.5. The molecule has 1 saturated carbocycles. The lowest BCUT2D eigenvalue weighted by atomic mass is 10.1. The number of halogens is 3. The van der Waals surface area contributed by atoms with E-state index in [1.807, 2.05) is 24.3 Å². The summed E-state index contributed by atoms with van der Waals surface area (Å²) in [6.45, 7) is 0.723. The summed E-state index contributed by atoms with van der Waals surface area (Å²) in [7, 11) is 0. The molecule has 0 spiro atoms. The quantitative estimate of drug-likeness (QED) is 0.718. The molecule has 1 fully saturated rings. The molecule has 0 amide bonds. The lowest BCUT2D eigenvalue weighted by Crippen LogP contribution is -2.10. The Morgan fingerprint density at radius 2 is 1.71 bits per heavy atom. The highest BCUT2D eigenvalue weighted by molar-refractivity contribution is 5.65. The van der Waals surface area contributed by atoms with E-state index in [0.29, 0.717) is 11.5 Å². The summed E-state index contributed by atoms with van der Waals surface area (Å²) in [4.78, 5) is 0. The average Bonchev–Trinajstić information content (AvgIpc) is 3.28. The number of pyridine rings is 1. The van der Waals surface area contributed by atoms with Crippen LogP contribution in [0.3, 0.4) is 0 Å². The molecular weight excluding hydrogens is 319 g/mol. The standard InChI is InChI=1S/C17H14F3N3O/c18-17(19,20)16-22-21-15-8-5-13(9-23(15)16)12-3-6-14(7-4-12)24-10-11-1-2-11/h3-9,11H,1-2,10H2. The number of hydrogen-bond acceptors (Lipinski definition) is 3. The Morgan fingerprint density at radius 3 is 2.38 bits per heavy atom. The Kier molecular flexibility index (Phi) is 3.44. The van der Waals surface area contributed by atoms with Gasteiger partial charge in [-0.3, -0.25) is 4.40 Å². The van der Waals surface area contributed by atoms with Gasteiger partial charge >= 0.3 is 6.18 Å². The van der Waals surface area contributed by atoms with Crippen molar-refractivity contribution in [3.8, 4) is 16.9 Å². The number of aromatic nitrogens is 3. The van der Waals surface area contributed by atoms with Crippen molar-refractivity contribution >= 4 is 5.65 Å². The zero-order valence-corrected chi connectivity index (χ0v) is 12.6. The molecule has 124 valence electrons. The van der Waals surface area contributed by atoms with Crippen molar-refractivity contribution in [2.24, 2.45) is 5.92 Å². The maximum atomic E-state index is 13.0.